The first-order valence-corrected chi connectivity index (χ1v) is 8.37. The maximum atomic E-state index is 6.64. The highest BCUT2D eigenvalue weighted by atomic mass is 79.9. The Morgan fingerprint density at radius 3 is 2.52 bits per heavy atom. The van der Waals surface area contributed by atoms with Crippen molar-refractivity contribution in [3.05, 3.63) is 64.4 Å². The second-order valence-electron chi connectivity index (χ2n) is 6.24. The van der Waals surface area contributed by atoms with E-state index in [0.29, 0.717) is 5.92 Å². The molecular weight excluding hydrogens is 324 g/mol. The van der Waals surface area contributed by atoms with Crippen molar-refractivity contribution in [1.29, 1.82) is 0 Å². The standard InChI is InChI=1S/C18H21BrN2/c19-17-10-14(12-21-13-17)11-18(20)8-6-16(7-9-18)15-4-2-1-3-5-15/h1-5,10,12-13,16H,6-9,11,20H2. The molecule has 1 heterocycles. The van der Waals surface area contributed by atoms with Crippen LogP contribution < -0.4 is 5.73 Å². The van der Waals surface area contributed by atoms with Gasteiger partial charge in [-0.05, 0) is 71.1 Å². The summed E-state index contributed by atoms with van der Waals surface area (Å²) in [6, 6.07) is 13.0. The van der Waals surface area contributed by atoms with Crippen molar-refractivity contribution in [2.45, 2.75) is 43.6 Å². The monoisotopic (exact) mass is 344 g/mol. The van der Waals surface area contributed by atoms with Crippen LogP contribution in [0.4, 0.5) is 0 Å². The second kappa shape index (κ2) is 6.29. The highest BCUT2D eigenvalue weighted by molar-refractivity contribution is 9.10. The van der Waals surface area contributed by atoms with Crippen LogP contribution in [0.3, 0.4) is 0 Å². The van der Waals surface area contributed by atoms with E-state index >= 15 is 0 Å². The van der Waals surface area contributed by atoms with E-state index in [0.717, 1.165) is 23.7 Å². The van der Waals surface area contributed by atoms with E-state index in [-0.39, 0.29) is 5.54 Å². The molecule has 0 radical (unpaired) electrons. The normalized spacial score (nSPS) is 25.7. The number of aromatic nitrogens is 1. The molecule has 0 amide bonds. The minimum absolute atomic E-state index is 0.0756. The largest absolute Gasteiger partial charge is 0.325 e. The SMILES string of the molecule is NC1(Cc2cncc(Br)c2)CCC(c2ccccc2)CC1. The number of benzene rings is 1. The van der Waals surface area contributed by atoms with Crippen LogP contribution in [0.2, 0.25) is 0 Å². The topological polar surface area (TPSA) is 38.9 Å². The van der Waals surface area contributed by atoms with Crippen molar-refractivity contribution in [2.75, 3.05) is 0 Å². The molecule has 2 nitrogen and oxygen atoms in total. The number of rotatable bonds is 3. The van der Waals surface area contributed by atoms with Gasteiger partial charge in [-0.1, -0.05) is 30.3 Å². The molecule has 0 unspecified atom stereocenters. The van der Waals surface area contributed by atoms with Crippen molar-refractivity contribution < 1.29 is 0 Å². The summed E-state index contributed by atoms with van der Waals surface area (Å²) in [5, 5.41) is 0. The highest BCUT2D eigenvalue weighted by Gasteiger charge is 2.32. The summed E-state index contributed by atoms with van der Waals surface area (Å²) in [6.45, 7) is 0. The summed E-state index contributed by atoms with van der Waals surface area (Å²) in [5.41, 5.74) is 9.25. The third-order valence-electron chi connectivity index (χ3n) is 4.57. The molecular formula is C18H21BrN2. The maximum absolute atomic E-state index is 6.64. The molecule has 0 aliphatic heterocycles. The van der Waals surface area contributed by atoms with Gasteiger partial charge >= 0.3 is 0 Å². The molecule has 3 rings (SSSR count). The summed E-state index contributed by atoms with van der Waals surface area (Å²) >= 11 is 3.48. The molecule has 0 spiro atoms. The Kier molecular flexibility index (Phi) is 4.41. The molecule has 0 atom stereocenters. The van der Waals surface area contributed by atoms with Gasteiger partial charge in [-0.15, -0.1) is 0 Å². The van der Waals surface area contributed by atoms with Crippen LogP contribution in [0.1, 0.15) is 42.7 Å². The number of pyridine rings is 1. The number of hydrogen-bond acceptors (Lipinski definition) is 2. The Morgan fingerprint density at radius 2 is 1.86 bits per heavy atom. The van der Waals surface area contributed by atoms with Crippen LogP contribution in [-0.4, -0.2) is 10.5 Å². The van der Waals surface area contributed by atoms with E-state index in [1.807, 2.05) is 12.4 Å². The fourth-order valence-corrected chi connectivity index (χ4v) is 3.80. The van der Waals surface area contributed by atoms with Crippen LogP contribution in [0.25, 0.3) is 0 Å². The highest BCUT2D eigenvalue weighted by Crippen LogP contribution is 2.38. The fourth-order valence-electron chi connectivity index (χ4n) is 3.39. The van der Waals surface area contributed by atoms with Gasteiger partial charge in [0.25, 0.3) is 0 Å². The van der Waals surface area contributed by atoms with E-state index in [9.17, 15) is 0 Å². The Hall–Kier alpha value is -1.19. The lowest BCUT2D eigenvalue weighted by atomic mass is 9.72. The molecule has 1 aromatic carbocycles. The van der Waals surface area contributed by atoms with Gasteiger partial charge in [0.05, 0.1) is 0 Å². The van der Waals surface area contributed by atoms with E-state index in [2.05, 4.69) is 57.3 Å². The predicted molar refractivity (Wildman–Crippen MR) is 90.2 cm³/mol. The lowest BCUT2D eigenvalue weighted by molar-refractivity contribution is 0.270. The molecule has 1 aliphatic rings. The molecule has 1 aliphatic carbocycles. The summed E-state index contributed by atoms with van der Waals surface area (Å²) in [7, 11) is 0. The van der Waals surface area contributed by atoms with Crippen molar-refractivity contribution in [3.63, 3.8) is 0 Å². The molecule has 110 valence electrons. The van der Waals surface area contributed by atoms with Crippen molar-refractivity contribution in [3.8, 4) is 0 Å². The zero-order valence-electron chi connectivity index (χ0n) is 12.1. The van der Waals surface area contributed by atoms with Crippen LogP contribution >= 0.6 is 15.9 Å². The average Bonchev–Trinajstić information content (AvgIpc) is 2.48. The third-order valence-corrected chi connectivity index (χ3v) is 5.00. The third kappa shape index (κ3) is 3.72. The number of nitrogens with two attached hydrogens (primary N) is 1. The van der Waals surface area contributed by atoms with Crippen molar-refractivity contribution >= 4 is 15.9 Å². The van der Waals surface area contributed by atoms with Gasteiger partial charge in [0.1, 0.15) is 0 Å². The van der Waals surface area contributed by atoms with Gasteiger partial charge in [0.15, 0.2) is 0 Å². The molecule has 21 heavy (non-hydrogen) atoms. The van der Waals surface area contributed by atoms with E-state index in [4.69, 9.17) is 5.73 Å². The van der Waals surface area contributed by atoms with E-state index < -0.39 is 0 Å². The average molecular weight is 345 g/mol. The number of halogens is 1. The van der Waals surface area contributed by atoms with Crippen LogP contribution in [-0.2, 0) is 6.42 Å². The molecule has 1 saturated carbocycles. The van der Waals surface area contributed by atoms with Gasteiger partial charge in [-0.25, -0.2) is 0 Å². The summed E-state index contributed by atoms with van der Waals surface area (Å²) < 4.78 is 1.03. The van der Waals surface area contributed by atoms with E-state index in [1.165, 1.54) is 24.0 Å². The number of nitrogens with zero attached hydrogens (tertiary/aromatic N) is 1. The second-order valence-corrected chi connectivity index (χ2v) is 7.15. The van der Waals surface area contributed by atoms with Crippen LogP contribution in [0.5, 0.6) is 0 Å². The Morgan fingerprint density at radius 1 is 1.14 bits per heavy atom. The molecule has 0 bridgehead atoms. The Labute approximate surface area is 134 Å². The lowest BCUT2D eigenvalue weighted by Crippen LogP contribution is -2.45. The minimum Gasteiger partial charge on any atom is -0.325 e. The van der Waals surface area contributed by atoms with Crippen molar-refractivity contribution in [1.82, 2.24) is 4.98 Å². The van der Waals surface area contributed by atoms with Crippen LogP contribution in [0, 0.1) is 0 Å². The smallest absolute Gasteiger partial charge is 0.0410 e. The Balaban J connectivity index is 1.64. The minimum atomic E-state index is -0.0756. The maximum Gasteiger partial charge on any atom is 0.0410 e. The van der Waals surface area contributed by atoms with Gasteiger partial charge in [0, 0.05) is 22.4 Å². The summed E-state index contributed by atoms with van der Waals surface area (Å²) in [6.07, 6.45) is 9.20. The van der Waals surface area contributed by atoms with Crippen molar-refractivity contribution in [2.24, 2.45) is 5.73 Å². The molecule has 2 aromatic rings. The first-order valence-electron chi connectivity index (χ1n) is 7.58. The molecule has 2 N–H and O–H groups in total. The Bertz CT molecular complexity index is 589. The molecule has 0 saturated heterocycles. The molecule has 1 fully saturated rings. The zero-order valence-corrected chi connectivity index (χ0v) is 13.7. The first-order chi connectivity index (χ1) is 10.1. The van der Waals surface area contributed by atoms with Gasteiger partial charge in [-0.2, -0.15) is 0 Å². The van der Waals surface area contributed by atoms with E-state index in [1.54, 1.807) is 0 Å². The lowest BCUT2D eigenvalue weighted by Gasteiger charge is -2.37. The van der Waals surface area contributed by atoms with Gasteiger partial charge in [0.2, 0.25) is 0 Å². The predicted octanol–water partition coefficient (Wildman–Crippen LogP) is 4.44. The van der Waals surface area contributed by atoms with Gasteiger partial charge in [-0.3, -0.25) is 4.98 Å². The zero-order chi connectivity index (χ0) is 14.7. The summed E-state index contributed by atoms with van der Waals surface area (Å²) in [4.78, 5) is 4.24. The van der Waals surface area contributed by atoms with Gasteiger partial charge < -0.3 is 5.73 Å². The molecule has 3 heteroatoms. The van der Waals surface area contributed by atoms with Crippen LogP contribution in [0.15, 0.2) is 53.3 Å². The molecule has 1 aromatic heterocycles. The quantitative estimate of drug-likeness (QED) is 0.893. The first kappa shape index (κ1) is 14.7. The summed E-state index contributed by atoms with van der Waals surface area (Å²) in [5.74, 6) is 0.670. The number of hydrogen-bond donors (Lipinski definition) is 1. The fraction of sp³-hybridized carbons (Fsp3) is 0.389.